The van der Waals surface area contributed by atoms with E-state index in [0.717, 1.165) is 18.8 Å². The Balaban J connectivity index is 2.97. The van der Waals surface area contributed by atoms with Crippen molar-refractivity contribution in [2.75, 3.05) is 25.2 Å². The van der Waals surface area contributed by atoms with Gasteiger partial charge in [-0.15, -0.1) is 0 Å². The third-order valence-corrected chi connectivity index (χ3v) is 2.96. The summed E-state index contributed by atoms with van der Waals surface area (Å²) >= 11 is 0. The molecule has 0 radical (unpaired) electrons. The molecule has 0 saturated carbocycles. The third kappa shape index (κ3) is 3.96. The lowest BCUT2D eigenvalue weighted by Gasteiger charge is -2.30. The monoisotopic (exact) mass is 251 g/mol. The van der Waals surface area contributed by atoms with Gasteiger partial charge in [0.05, 0.1) is 12.6 Å². The van der Waals surface area contributed by atoms with E-state index in [-0.39, 0.29) is 6.04 Å². The van der Waals surface area contributed by atoms with Crippen LogP contribution in [-0.2, 0) is 11.2 Å². The van der Waals surface area contributed by atoms with Gasteiger partial charge in [-0.2, -0.15) is 0 Å². The molecular weight excluding hydrogens is 226 g/mol. The molecule has 1 heterocycles. The van der Waals surface area contributed by atoms with Crippen molar-refractivity contribution in [2.45, 2.75) is 39.3 Å². The molecule has 18 heavy (non-hydrogen) atoms. The summed E-state index contributed by atoms with van der Waals surface area (Å²) in [6.45, 7) is 7.91. The number of hydrogen-bond donors (Lipinski definition) is 1. The summed E-state index contributed by atoms with van der Waals surface area (Å²) in [6.07, 6.45) is 2.68. The number of ether oxygens (including phenoxy) is 1. The summed E-state index contributed by atoms with van der Waals surface area (Å²) < 4.78 is 5.23. The lowest BCUT2D eigenvalue weighted by molar-refractivity contribution is 0.181. The Morgan fingerprint density at radius 1 is 1.44 bits per heavy atom. The van der Waals surface area contributed by atoms with Gasteiger partial charge in [-0.1, -0.05) is 6.07 Å². The molecule has 1 aromatic heterocycles. The summed E-state index contributed by atoms with van der Waals surface area (Å²) in [4.78, 5) is 6.79. The van der Waals surface area contributed by atoms with Gasteiger partial charge in [-0.25, -0.2) is 4.98 Å². The number of likely N-dealkylation sites (N-methyl/N-ethyl adjacent to an activating group) is 1. The standard InChI is InChI=1S/C14H25N3O/c1-5-17(12(3)10-18-4)14-13(9-11(2)15)7-6-8-16-14/h6-8,11-12H,5,9-10,15H2,1-4H3. The second-order valence-electron chi connectivity index (χ2n) is 4.76. The number of pyridine rings is 1. The van der Waals surface area contributed by atoms with E-state index in [1.807, 2.05) is 19.2 Å². The van der Waals surface area contributed by atoms with Gasteiger partial charge in [0.2, 0.25) is 0 Å². The molecule has 0 bridgehead atoms. The topological polar surface area (TPSA) is 51.4 Å². The van der Waals surface area contributed by atoms with E-state index in [1.54, 1.807) is 7.11 Å². The normalized spacial score (nSPS) is 14.3. The highest BCUT2D eigenvalue weighted by molar-refractivity contribution is 5.48. The quantitative estimate of drug-likeness (QED) is 0.803. The molecule has 4 nitrogen and oxygen atoms in total. The first-order valence-electron chi connectivity index (χ1n) is 6.55. The largest absolute Gasteiger partial charge is 0.383 e. The predicted octanol–water partition coefficient (Wildman–Crippen LogP) is 1.83. The number of methoxy groups -OCH3 is 1. The molecule has 4 heteroatoms. The molecule has 0 amide bonds. The summed E-state index contributed by atoms with van der Waals surface area (Å²) in [7, 11) is 1.73. The summed E-state index contributed by atoms with van der Waals surface area (Å²) in [5.74, 6) is 1.03. The first-order chi connectivity index (χ1) is 8.60. The van der Waals surface area contributed by atoms with Crippen LogP contribution in [0.3, 0.4) is 0 Å². The molecule has 2 atom stereocenters. The van der Waals surface area contributed by atoms with Crippen LogP contribution in [0.1, 0.15) is 26.3 Å². The molecule has 0 saturated heterocycles. The van der Waals surface area contributed by atoms with Gasteiger partial charge >= 0.3 is 0 Å². The van der Waals surface area contributed by atoms with Gasteiger partial charge in [-0.05, 0) is 38.8 Å². The van der Waals surface area contributed by atoms with Gasteiger partial charge < -0.3 is 15.4 Å². The maximum atomic E-state index is 5.90. The smallest absolute Gasteiger partial charge is 0.132 e. The van der Waals surface area contributed by atoms with E-state index in [4.69, 9.17) is 10.5 Å². The minimum Gasteiger partial charge on any atom is -0.383 e. The van der Waals surface area contributed by atoms with Crippen molar-refractivity contribution in [1.82, 2.24) is 4.98 Å². The SMILES string of the molecule is CCN(c1ncccc1CC(C)N)C(C)COC. The van der Waals surface area contributed by atoms with Crippen molar-refractivity contribution in [3.05, 3.63) is 23.9 Å². The summed E-state index contributed by atoms with van der Waals surface area (Å²) in [5.41, 5.74) is 7.10. The van der Waals surface area contributed by atoms with Crippen LogP contribution in [0.5, 0.6) is 0 Å². The Hall–Kier alpha value is -1.13. The third-order valence-electron chi connectivity index (χ3n) is 2.96. The zero-order chi connectivity index (χ0) is 13.5. The van der Waals surface area contributed by atoms with Gasteiger partial charge in [0.1, 0.15) is 5.82 Å². The molecule has 0 aliphatic heterocycles. The average molecular weight is 251 g/mol. The van der Waals surface area contributed by atoms with Crippen LogP contribution in [0.4, 0.5) is 5.82 Å². The molecule has 0 aliphatic rings. The van der Waals surface area contributed by atoms with Crippen LogP contribution in [0, 0.1) is 0 Å². The number of aromatic nitrogens is 1. The van der Waals surface area contributed by atoms with Gasteiger partial charge in [0.25, 0.3) is 0 Å². The maximum absolute atomic E-state index is 5.90. The lowest BCUT2D eigenvalue weighted by atomic mass is 10.1. The first kappa shape index (κ1) is 14.9. The van der Waals surface area contributed by atoms with Crippen LogP contribution in [0.25, 0.3) is 0 Å². The highest BCUT2D eigenvalue weighted by Gasteiger charge is 2.17. The Morgan fingerprint density at radius 2 is 2.17 bits per heavy atom. The molecular formula is C14H25N3O. The van der Waals surface area contributed by atoms with Gasteiger partial charge in [0, 0.05) is 25.9 Å². The van der Waals surface area contributed by atoms with Crippen LogP contribution in [0.2, 0.25) is 0 Å². The second kappa shape index (κ2) is 7.34. The van der Waals surface area contributed by atoms with E-state index in [2.05, 4.69) is 29.8 Å². The maximum Gasteiger partial charge on any atom is 0.132 e. The number of nitrogens with two attached hydrogens (primary N) is 1. The number of nitrogens with zero attached hydrogens (tertiary/aromatic N) is 2. The summed E-state index contributed by atoms with van der Waals surface area (Å²) in [6, 6.07) is 4.52. The van der Waals surface area contributed by atoms with Crippen molar-refractivity contribution < 1.29 is 4.74 Å². The molecule has 1 rings (SSSR count). The van der Waals surface area contributed by atoms with E-state index >= 15 is 0 Å². The Bertz CT molecular complexity index is 355. The van der Waals surface area contributed by atoms with Crippen molar-refractivity contribution in [3.63, 3.8) is 0 Å². The van der Waals surface area contributed by atoms with Crippen LogP contribution < -0.4 is 10.6 Å². The van der Waals surface area contributed by atoms with Crippen molar-refractivity contribution in [1.29, 1.82) is 0 Å². The molecule has 0 aliphatic carbocycles. The van der Waals surface area contributed by atoms with Crippen LogP contribution >= 0.6 is 0 Å². The number of hydrogen-bond acceptors (Lipinski definition) is 4. The zero-order valence-electron chi connectivity index (χ0n) is 11.9. The number of anilines is 1. The summed E-state index contributed by atoms with van der Waals surface area (Å²) in [5, 5.41) is 0. The Morgan fingerprint density at radius 3 is 2.72 bits per heavy atom. The predicted molar refractivity (Wildman–Crippen MR) is 75.9 cm³/mol. The second-order valence-corrected chi connectivity index (χ2v) is 4.76. The first-order valence-corrected chi connectivity index (χ1v) is 6.55. The van der Waals surface area contributed by atoms with E-state index in [9.17, 15) is 0 Å². The minimum atomic E-state index is 0.143. The zero-order valence-corrected chi connectivity index (χ0v) is 11.9. The Labute approximate surface area is 110 Å². The molecule has 2 unspecified atom stereocenters. The van der Waals surface area contributed by atoms with Gasteiger partial charge in [0.15, 0.2) is 0 Å². The highest BCUT2D eigenvalue weighted by atomic mass is 16.5. The van der Waals surface area contributed by atoms with Crippen molar-refractivity contribution >= 4 is 5.82 Å². The van der Waals surface area contributed by atoms with E-state index < -0.39 is 0 Å². The van der Waals surface area contributed by atoms with E-state index in [1.165, 1.54) is 5.56 Å². The van der Waals surface area contributed by atoms with Gasteiger partial charge in [-0.3, -0.25) is 0 Å². The molecule has 0 aromatic carbocycles. The average Bonchev–Trinajstić information content (AvgIpc) is 2.32. The molecule has 102 valence electrons. The van der Waals surface area contributed by atoms with Crippen molar-refractivity contribution in [3.8, 4) is 0 Å². The van der Waals surface area contributed by atoms with Crippen LogP contribution in [0.15, 0.2) is 18.3 Å². The van der Waals surface area contributed by atoms with Crippen molar-refractivity contribution in [2.24, 2.45) is 5.73 Å². The molecule has 1 aromatic rings. The number of rotatable bonds is 7. The minimum absolute atomic E-state index is 0.143. The molecule has 0 spiro atoms. The van der Waals surface area contributed by atoms with Crippen LogP contribution in [-0.4, -0.2) is 37.3 Å². The molecule has 0 fully saturated rings. The fraction of sp³-hybridized carbons (Fsp3) is 0.643. The van der Waals surface area contributed by atoms with E-state index in [0.29, 0.717) is 12.6 Å². The lowest BCUT2D eigenvalue weighted by Crippen LogP contribution is -2.37. The fourth-order valence-corrected chi connectivity index (χ4v) is 2.20. The Kier molecular flexibility index (Phi) is 6.09. The highest BCUT2D eigenvalue weighted by Crippen LogP contribution is 2.20. The molecule has 2 N–H and O–H groups in total. The fourth-order valence-electron chi connectivity index (χ4n) is 2.20.